The van der Waals surface area contributed by atoms with Crippen molar-refractivity contribution in [2.45, 2.75) is 39.7 Å². The van der Waals surface area contributed by atoms with E-state index in [4.69, 9.17) is 0 Å². The summed E-state index contributed by atoms with van der Waals surface area (Å²) in [6, 6.07) is 19.8. The van der Waals surface area contributed by atoms with Crippen LogP contribution in [0.2, 0.25) is 0 Å². The van der Waals surface area contributed by atoms with Crippen LogP contribution in [-0.4, -0.2) is 17.4 Å². The monoisotopic (exact) mass is 361 g/mol. The van der Waals surface area contributed by atoms with Gasteiger partial charge in [0.25, 0.3) is 5.91 Å². The first kappa shape index (κ1) is 20.3. The minimum atomic E-state index is -0.384. The van der Waals surface area contributed by atoms with Crippen LogP contribution in [0.4, 0.5) is 5.69 Å². The number of anilines is 1. The van der Waals surface area contributed by atoms with E-state index in [2.05, 4.69) is 12.2 Å². The van der Waals surface area contributed by atoms with Gasteiger partial charge in [0.1, 0.15) is 11.6 Å². The molecule has 27 heavy (non-hydrogen) atoms. The highest BCUT2D eigenvalue weighted by atomic mass is 16.1. The van der Waals surface area contributed by atoms with Gasteiger partial charge in [-0.05, 0) is 43.0 Å². The van der Waals surface area contributed by atoms with Gasteiger partial charge < -0.3 is 10.2 Å². The molecule has 1 amide bonds. The molecule has 0 aliphatic rings. The Morgan fingerprint density at radius 3 is 2.37 bits per heavy atom. The first-order valence-corrected chi connectivity index (χ1v) is 9.46. The molecular formula is C23H27N3O. The molecule has 0 aliphatic heterocycles. The number of hydrogen-bond acceptors (Lipinski definition) is 3. The van der Waals surface area contributed by atoms with E-state index in [1.807, 2.05) is 72.5 Å². The molecule has 0 atom stereocenters. The van der Waals surface area contributed by atoms with Crippen LogP contribution in [0, 0.1) is 11.3 Å². The van der Waals surface area contributed by atoms with Crippen LogP contribution < -0.4 is 5.32 Å². The normalized spacial score (nSPS) is 10.9. The van der Waals surface area contributed by atoms with Crippen molar-refractivity contribution in [1.29, 1.82) is 5.26 Å². The van der Waals surface area contributed by atoms with Crippen LogP contribution in [0.25, 0.3) is 0 Å². The Labute approximate surface area is 162 Å². The van der Waals surface area contributed by atoms with Crippen molar-refractivity contribution in [3.8, 4) is 6.07 Å². The largest absolute Gasteiger partial charge is 0.372 e. The van der Waals surface area contributed by atoms with Crippen molar-refractivity contribution in [2.24, 2.45) is 0 Å². The van der Waals surface area contributed by atoms with Gasteiger partial charge in [0.15, 0.2) is 0 Å². The standard InChI is InChI=1S/C23H27N3O/c1-3-5-9-19-12-14-22(15-13-19)25-23(27)21(16-24)18-26(4-2)17-20-10-7-6-8-11-20/h6-8,10-15,18H,3-5,9,17H2,1-2H3,(H,25,27)/b21-18-. The smallest absolute Gasteiger partial charge is 0.267 e. The molecule has 0 saturated heterocycles. The zero-order chi connectivity index (χ0) is 19.5. The zero-order valence-corrected chi connectivity index (χ0v) is 16.1. The Balaban J connectivity index is 2.03. The molecule has 0 radical (unpaired) electrons. The Morgan fingerprint density at radius 2 is 1.78 bits per heavy atom. The van der Waals surface area contributed by atoms with Crippen molar-refractivity contribution < 1.29 is 4.79 Å². The SMILES string of the molecule is CCCCc1ccc(NC(=O)/C(C#N)=C\N(CC)Cc2ccccc2)cc1. The topological polar surface area (TPSA) is 56.1 Å². The molecule has 2 rings (SSSR count). The van der Waals surface area contributed by atoms with E-state index in [0.29, 0.717) is 18.8 Å². The molecule has 0 fully saturated rings. The fraction of sp³-hybridized carbons (Fsp3) is 0.304. The number of nitrogens with zero attached hydrogens (tertiary/aromatic N) is 2. The van der Waals surface area contributed by atoms with Crippen molar-refractivity contribution in [3.63, 3.8) is 0 Å². The average molecular weight is 361 g/mol. The molecule has 0 heterocycles. The Kier molecular flexibility index (Phi) is 8.12. The minimum Gasteiger partial charge on any atom is -0.372 e. The molecule has 0 unspecified atom stereocenters. The van der Waals surface area contributed by atoms with E-state index in [0.717, 1.165) is 24.8 Å². The molecule has 1 N–H and O–H groups in total. The molecule has 140 valence electrons. The quantitative estimate of drug-likeness (QED) is 0.511. The number of unbranched alkanes of at least 4 members (excludes halogenated alkanes) is 1. The highest BCUT2D eigenvalue weighted by Gasteiger charge is 2.11. The Morgan fingerprint density at radius 1 is 1.07 bits per heavy atom. The zero-order valence-electron chi connectivity index (χ0n) is 16.1. The fourth-order valence-electron chi connectivity index (χ4n) is 2.72. The third-order valence-electron chi connectivity index (χ3n) is 4.34. The lowest BCUT2D eigenvalue weighted by molar-refractivity contribution is -0.112. The number of carbonyl (C=O) groups is 1. The second-order valence-corrected chi connectivity index (χ2v) is 6.46. The maximum atomic E-state index is 12.5. The second kappa shape index (κ2) is 10.8. The molecule has 2 aromatic rings. The summed E-state index contributed by atoms with van der Waals surface area (Å²) in [6.07, 6.45) is 4.99. The second-order valence-electron chi connectivity index (χ2n) is 6.46. The van der Waals surface area contributed by atoms with Crippen LogP contribution in [-0.2, 0) is 17.8 Å². The van der Waals surface area contributed by atoms with Gasteiger partial charge >= 0.3 is 0 Å². The van der Waals surface area contributed by atoms with Crippen LogP contribution in [0.1, 0.15) is 37.8 Å². The van der Waals surface area contributed by atoms with Gasteiger partial charge in [-0.15, -0.1) is 0 Å². The summed E-state index contributed by atoms with van der Waals surface area (Å²) in [5, 5.41) is 12.2. The van der Waals surface area contributed by atoms with E-state index in [9.17, 15) is 10.1 Å². The molecule has 0 aliphatic carbocycles. The first-order valence-electron chi connectivity index (χ1n) is 9.46. The summed E-state index contributed by atoms with van der Waals surface area (Å²) in [7, 11) is 0. The van der Waals surface area contributed by atoms with Crippen molar-refractivity contribution in [1.82, 2.24) is 4.90 Å². The number of amides is 1. The number of nitrogens with one attached hydrogen (secondary N) is 1. The van der Waals surface area contributed by atoms with Crippen LogP contribution in [0.3, 0.4) is 0 Å². The number of nitriles is 1. The molecule has 4 heteroatoms. The van der Waals surface area contributed by atoms with Crippen LogP contribution >= 0.6 is 0 Å². The number of benzene rings is 2. The third kappa shape index (κ3) is 6.63. The molecule has 0 aromatic heterocycles. The predicted molar refractivity (Wildman–Crippen MR) is 110 cm³/mol. The summed E-state index contributed by atoms with van der Waals surface area (Å²) >= 11 is 0. The maximum Gasteiger partial charge on any atom is 0.267 e. The average Bonchev–Trinajstić information content (AvgIpc) is 2.71. The van der Waals surface area contributed by atoms with Gasteiger partial charge in [-0.1, -0.05) is 55.8 Å². The van der Waals surface area contributed by atoms with Gasteiger partial charge in [-0.3, -0.25) is 4.79 Å². The molecule has 0 saturated carbocycles. The first-order chi connectivity index (χ1) is 13.2. The van der Waals surface area contributed by atoms with Gasteiger partial charge in [0.05, 0.1) is 0 Å². The maximum absolute atomic E-state index is 12.5. The minimum absolute atomic E-state index is 0.0999. The summed E-state index contributed by atoms with van der Waals surface area (Å²) in [6.45, 7) is 5.53. The van der Waals surface area contributed by atoms with E-state index in [1.54, 1.807) is 6.20 Å². The van der Waals surface area contributed by atoms with E-state index >= 15 is 0 Å². The van der Waals surface area contributed by atoms with Crippen LogP contribution in [0.5, 0.6) is 0 Å². The summed E-state index contributed by atoms with van der Waals surface area (Å²) < 4.78 is 0. The van der Waals surface area contributed by atoms with E-state index < -0.39 is 0 Å². The van der Waals surface area contributed by atoms with Gasteiger partial charge in [-0.2, -0.15) is 5.26 Å². The van der Waals surface area contributed by atoms with Gasteiger partial charge in [0, 0.05) is 25.0 Å². The Hall–Kier alpha value is -3.06. The molecule has 4 nitrogen and oxygen atoms in total. The number of carbonyl (C=O) groups excluding carboxylic acids is 1. The third-order valence-corrected chi connectivity index (χ3v) is 4.34. The fourth-order valence-corrected chi connectivity index (χ4v) is 2.72. The predicted octanol–water partition coefficient (Wildman–Crippen LogP) is 4.90. The number of rotatable bonds is 9. The lowest BCUT2D eigenvalue weighted by atomic mass is 10.1. The van der Waals surface area contributed by atoms with Crippen LogP contribution in [0.15, 0.2) is 66.4 Å². The number of hydrogen-bond donors (Lipinski definition) is 1. The van der Waals surface area contributed by atoms with Gasteiger partial charge in [0.2, 0.25) is 0 Å². The van der Waals surface area contributed by atoms with Crippen molar-refractivity contribution in [2.75, 3.05) is 11.9 Å². The molecule has 2 aromatic carbocycles. The number of aryl methyl sites for hydroxylation is 1. The lowest BCUT2D eigenvalue weighted by Gasteiger charge is -2.19. The lowest BCUT2D eigenvalue weighted by Crippen LogP contribution is -2.21. The molecular weight excluding hydrogens is 334 g/mol. The Bertz CT molecular complexity index is 789. The summed E-state index contributed by atoms with van der Waals surface area (Å²) in [5.74, 6) is -0.384. The molecule has 0 spiro atoms. The van der Waals surface area contributed by atoms with E-state index in [-0.39, 0.29) is 11.5 Å². The van der Waals surface area contributed by atoms with Crippen molar-refractivity contribution >= 4 is 11.6 Å². The summed E-state index contributed by atoms with van der Waals surface area (Å²) in [4.78, 5) is 14.4. The molecule has 0 bridgehead atoms. The highest BCUT2D eigenvalue weighted by Crippen LogP contribution is 2.13. The van der Waals surface area contributed by atoms with Gasteiger partial charge in [-0.25, -0.2) is 0 Å². The van der Waals surface area contributed by atoms with Crippen molar-refractivity contribution in [3.05, 3.63) is 77.5 Å². The van der Waals surface area contributed by atoms with E-state index in [1.165, 1.54) is 5.56 Å². The summed E-state index contributed by atoms with van der Waals surface area (Å²) in [5.41, 5.74) is 3.19. The highest BCUT2D eigenvalue weighted by molar-refractivity contribution is 6.06.